The van der Waals surface area contributed by atoms with E-state index in [9.17, 15) is 4.79 Å². The van der Waals surface area contributed by atoms with E-state index in [-0.39, 0.29) is 11.7 Å². The molecule has 1 N–H and O–H groups in total. The number of aryl methyl sites for hydroxylation is 1. The summed E-state index contributed by atoms with van der Waals surface area (Å²) in [5, 5.41) is 0.874. The average molecular weight is 336 g/mol. The van der Waals surface area contributed by atoms with Crippen LogP contribution in [0.5, 0.6) is 0 Å². The molecule has 0 bridgehead atoms. The van der Waals surface area contributed by atoms with Gasteiger partial charge in [0.2, 0.25) is 0 Å². The van der Waals surface area contributed by atoms with Crippen molar-refractivity contribution in [2.75, 3.05) is 6.61 Å². The van der Waals surface area contributed by atoms with E-state index in [2.05, 4.69) is 11.9 Å². The molecule has 0 radical (unpaired) electrons. The van der Waals surface area contributed by atoms with Crippen LogP contribution < -0.4 is 5.56 Å². The van der Waals surface area contributed by atoms with Crippen molar-refractivity contribution in [3.8, 4) is 0 Å². The van der Waals surface area contributed by atoms with Crippen molar-refractivity contribution in [3.05, 3.63) is 25.6 Å². The van der Waals surface area contributed by atoms with Gasteiger partial charge in [-0.05, 0) is 55.8 Å². The van der Waals surface area contributed by atoms with Gasteiger partial charge in [-0.1, -0.05) is 6.92 Å². The smallest absolute Gasteiger partial charge is 0.263 e. The number of fused-ring (bicyclic) bond motifs is 3. The molecule has 1 aliphatic carbocycles. The molecule has 118 valence electrons. The number of thiophene rings is 1. The number of hydrogen-bond acceptors (Lipinski definition) is 4. The highest BCUT2D eigenvalue weighted by atomic mass is 32.1. The molecule has 1 saturated heterocycles. The summed E-state index contributed by atoms with van der Waals surface area (Å²) in [4.78, 5) is 18.6. The minimum absolute atomic E-state index is 0.0707. The molecule has 2 aliphatic rings. The fourth-order valence-electron chi connectivity index (χ4n) is 3.61. The zero-order chi connectivity index (χ0) is 15.3. The van der Waals surface area contributed by atoms with E-state index in [1.54, 1.807) is 15.9 Å². The summed E-state index contributed by atoms with van der Waals surface area (Å²) in [5.74, 6) is 0.706. The normalized spacial score (nSPS) is 24.8. The number of nitrogens with zero attached hydrogens (tertiary/aromatic N) is 1. The van der Waals surface area contributed by atoms with Crippen LogP contribution in [0.25, 0.3) is 10.2 Å². The van der Waals surface area contributed by atoms with Crippen molar-refractivity contribution in [2.24, 2.45) is 5.92 Å². The highest BCUT2D eigenvalue weighted by Gasteiger charge is 2.24. The molecule has 2 aromatic rings. The number of aromatic nitrogens is 2. The van der Waals surface area contributed by atoms with Gasteiger partial charge < -0.3 is 9.72 Å². The number of hydrogen-bond donors (Lipinski definition) is 1. The Bertz CT molecular complexity index is 827. The molecule has 22 heavy (non-hydrogen) atoms. The third kappa shape index (κ3) is 2.37. The lowest BCUT2D eigenvalue weighted by molar-refractivity contribution is 0.0957. The van der Waals surface area contributed by atoms with Crippen molar-refractivity contribution in [2.45, 2.75) is 51.7 Å². The summed E-state index contributed by atoms with van der Waals surface area (Å²) < 4.78 is 7.90. The summed E-state index contributed by atoms with van der Waals surface area (Å²) in [6.45, 7) is 3.65. The Labute approximate surface area is 138 Å². The molecule has 0 spiro atoms. The Morgan fingerprint density at radius 3 is 3.09 bits per heavy atom. The summed E-state index contributed by atoms with van der Waals surface area (Å²) in [6.07, 6.45) is 5.47. The highest BCUT2D eigenvalue weighted by molar-refractivity contribution is 7.71. The molecule has 1 aliphatic heterocycles. The molecule has 2 aromatic heterocycles. The second kappa shape index (κ2) is 5.58. The molecule has 0 saturated carbocycles. The fraction of sp³-hybridized carbons (Fsp3) is 0.625. The quantitative estimate of drug-likeness (QED) is 0.855. The van der Waals surface area contributed by atoms with Crippen molar-refractivity contribution < 1.29 is 4.74 Å². The van der Waals surface area contributed by atoms with E-state index in [1.165, 1.54) is 16.9 Å². The summed E-state index contributed by atoms with van der Waals surface area (Å²) in [7, 11) is 0. The molecule has 2 atom stereocenters. The minimum Gasteiger partial charge on any atom is -0.376 e. The summed E-state index contributed by atoms with van der Waals surface area (Å²) in [6, 6.07) is 0. The molecular formula is C16H20N2O2S2. The fourth-order valence-corrected chi connectivity index (χ4v) is 5.34. The molecule has 1 fully saturated rings. The number of H-pyrrole nitrogens is 1. The van der Waals surface area contributed by atoms with Gasteiger partial charge >= 0.3 is 0 Å². The van der Waals surface area contributed by atoms with E-state index < -0.39 is 0 Å². The third-order valence-electron chi connectivity index (χ3n) is 4.85. The van der Waals surface area contributed by atoms with Crippen LogP contribution in [-0.2, 0) is 24.1 Å². The molecule has 0 unspecified atom stereocenters. The van der Waals surface area contributed by atoms with Crippen molar-refractivity contribution in [3.63, 3.8) is 0 Å². The first kappa shape index (κ1) is 14.6. The van der Waals surface area contributed by atoms with Crippen molar-refractivity contribution in [1.29, 1.82) is 0 Å². The van der Waals surface area contributed by atoms with Crippen molar-refractivity contribution in [1.82, 2.24) is 9.55 Å². The SMILES string of the molecule is C[C@H]1CCc2c(sc3[nH]c(=S)n(C[C@@H]4CCCO4)c(=O)c23)C1. The van der Waals surface area contributed by atoms with Crippen LogP contribution in [-0.4, -0.2) is 22.3 Å². The van der Waals surface area contributed by atoms with Gasteiger partial charge in [-0.15, -0.1) is 11.3 Å². The first-order chi connectivity index (χ1) is 10.6. The molecule has 0 amide bonds. The third-order valence-corrected chi connectivity index (χ3v) is 6.34. The number of ether oxygens (including phenoxy) is 1. The van der Waals surface area contributed by atoms with Crippen LogP contribution in [0.4, 0.5) is 0 Å². The van der Waals surface area contributed by atoms with Crippen LogP contribution in [0, 0.1) is 10.7 Å². The van der Waals surface area contributed by atoms with Gasteiger partial charge in [0.05, 0.1) is 18.0 Å². The Balaban J connectivity index is 1.85. The minimum atomic E-state index is 0.0707. The molecule has 0 aromatic carbocycles. The van der Waals surface area contributed by atoms with E-state index in [1.807, 2.05) is 0 Å². The lowest BCUT2D eigenvalue weighted by Crippen LogP contribution is -2.28. The monoisotopic (exact) mass is 336 g/mol. The zero-order valence-corrected chi connectivity index (χ0v) is 14.3. The predicted octanol–water partition coefficient (Wildman–Crippen LogP) is 3.42. The molecule has 4 rings (SSSR count). The van der Waals surface area contributed by atoms with Gasteiger partial charge in [-0.25, -0.2) is 0 Å². The Hall–Kier alpha value is -0.980. The zero-order valence-electron chi connectivity index (χ0n) is 12.7. The topological polar surface area (TPSA) is 47.0 Å². The predicted molar refractivity (Wildman–Crippen MR) is 91.4 cm³/mol. The molecule has 4 nitrogen and oxygen atoms in total. The van der Waals surface area contributed by atoms with Gasteiger partial charge in [0.1, 0.15) is 4.83 Å². The standard InChI is InChI=1S/C16H20N2O2S2/c1-9-4-5-11-12(7-9)22-14-13(11)15(19)18(16(21)17-14)8-10-3-2-6-20-10/h9-10H,2-8H2,1H3,(H,17,21)/t9-,10-/m0/s1. The van der Waals surface area contributed by atoms with Crippen LogP contribution in [0.1, 0.15) is 36.6 Å². The van der Waals surface area contributed by atoms with Gasteiger partial charge in [0.15, 0.2) is 4.77 Å². The van der Waals surface area contributed by atoms with Crippen molar-refractivity contribution >= 4 is 33.8 Å². The average Bonchev–Trinajstić information content (AvgIpc) is 3.09. The highest BCUT2D eigenvalue weighted by Crippen LogP contribution is 2.35. The number of aromatic amines is 1. The maximum absolute atomic E-state index is 13.0. The Morgan fingerprint density at radius 2 is 2.32 bits per heavy atom. The van der Waals surface area contributed by atoms with Gasteiger partial charge in [0, 0.05) is 11.5 Å². The largest absolute Gasteiger partial charge is 0.376 e. The van der Waals surface area contributed by atoms with E-state index in [0.717, 1.165) is 42.5 Å². The van der Waals surface area contributed by atoms with Gasteiger partial charge in [-0.2, -0.15) is 0 Å². The maximum atomic E-state index is 13.0. The van der Waals surface area contributed by atoms with Crippen LogP contribution in [0.2, 0.25) is 0 Å². The molecule has 3 heterocycles. The molecular weight excluding hydrogens is 316 g/mol. The second-order valence-electron chi connectivity index (χ2n) is 6.54. The van der Waals surface area contributed by atoms with Gasteiger partial charge in [0.25, 0.3) is 5.56 Å². The second-order valence-corrected chi connectivity index (χ2v) is 8.03. The number of rotatable bonds is 2. The van der Waals surface area contributed by atoms with Gasteiger partial charge in [-0.3, -0.25) is 9.36 Å². The summed E-state index contributed by atoms with van der Waals surface area (Å²) >= 11 is 7.14. The van der Waals surface area contributed by atoms with E-state index >= 15 is 0 Å². The molecule has 6 heteroatoms. The first-order valence-corrected chi connectivity index (χ1v) is 9.25. The van der Waals surface area contributed by atoms with Crippen LogP contribution in [0.3, 0.4) is 0 Å². The van der Waals surface area contributed by atoms with E-state index in [0.29, 0.717) is 17.2 Å². The lowest BCUT2D eigenvalue weighted by Gasteiger charge is -2.17. The first-order valence-electron chi connectivity index (χ1n) is 8.02. The lowest BCUT2D eigenvalue weighted by atomic mass is 9.89. The Kier molecular flexibility index (Phi) is 3.71. The van der Waals surface area contributed by atoms with Crippen LogP contribution >= 0.6 is 23.6 Å². The van der Waals surface area contributed by atoms with E-state index in [4.69, 9.17) is 17.0 Å². The maximum Gasteiger partial charge on any atom is 0.263 e. The number of nitrogens with one attached hydrogen (secondary N) is 1. The van der Waals surface area contributed by atoms with Crippen LogP contribution in [0.15, 0.2) is 4.79 Å². The summed E-state index contributed by atoms with van der Waals surface area (Å²) in [5.41, 5.74) is 1.33. The Morgan fingerprint density at radius 1 is 1.45 bits per heavy atom.